The lowest BCUT2D eigenvalue weighted by molar-refractivity contribution is 0.545. The van der Waals surface area contributed by atoms with Crippen molar-refractivity contribution in [3.8, 4) is 0 Å². The SMILES string of the molecule is O=[SH](=O)Cc1nc2cc(F)ccc2o1. The van der Waals surface area contributed by atoms with Crippen LogP contribution in [0.15, 0.2) is 22.6 Å². The van der Waals surface area contributed by atoms with E-state index in [2.05, 4.69) is 4.98 Å². The molecule has 74 valence electrons. The molecule has 2 rings (SSSR count). The summed E-state index contributed by atoms with van der Waals surface area (Å²) in [7, 11) is -2.57. The predicted octanol–water partition coefficient (Wildman–Crippen LogP) is 1.08. The van der Waals surface area contributed by atoms with E-state index < -0.39 is 16.5 Å². The van der Waals surface area contributed by atoms with E-state index in [1.54, 1.807) is 0 Å². The van der Waals surface area contributed by atoms with Crippen molar-refractivity contribution in [2.75, 3.05) is 0 Å². The lowest BCUT2D eigenvalue weighted by Gasteiger charge is -1.84. The number of fused-ring (bicyclic) bond motifs is 1. The highest BCUT2D eigenvalue weighted by Crippen LogP contribution is 2.16. The molecule has 0 aliphatic carbocycles. The minimum absolute atomic E-state index is 0.0849. The van der Waals surface area contributed by atoms with Crippen molar-refractivity contribution >= 4 is 21.8 Å². The van der Waals surface area contributed by atoms with Gasteiger partial charge in [0.1, 0.15) is 27.8 Å². The lowest BCUT2D eigenvalue weighted by Crippen LogP contribution is -1.85. The number of oxazole rings is 1. The molecule has 2 aromatic rings. The average molecular weight is 215 g/mol. The second kappa shape index (κ2) is 3.38. The number of benzene rings is 1. The van der Waals surface area contributed by atoms with Crippen molar-refractivity contribution in [2.45, 2.75) is 5.75 Å². The first-order chi connectivity index (χ1) is 6.65. The average Bonchev–Trinajstić information content (AvgIpc) is 2.44. The van der Waals surface area contributed by atoms with Gasteiger partial charge in [-0.2, -0.15) is 0 Å². The van der Waals surface area contributed by atoms with Crippen LogP contribution in [0.4, 0.5) is 4.39 Å². The standard InChI is InChI=1S/C8H6FNO3S/c9-5-1-2-7-6(3-5)10-8(13-7)4-14(11)12/h1-3,14H,4H2. The van der Waals surface area contributed by atoms with E-state index in [9.17, 15) is 12.8 Å². The molecule has 0 spiro atoms. The molecule has 0 bridgehead atoms. The molecule has 0 amide bonds. The maximum absolute atomic E-state index is 12.7. The normalized spacial score (nSPS) is 11.3. The van der Waals surface area contributed by atoms with Crippen molar-refractivity contribution in [3.63, 3.8) is 0 Å². The largest absolute Gasteiger partial charge is 0.440 e. The van der Waals surface area contributed by atoms with Gasteiger partial charge < -0.3 is 4.42 Å². The van der Waals surface area contributed by atoms with Gasteiger partial charge in [-0.25, -0.2) is 17.8 Å². The van der Waals surface area contributed by atoms with Crippen LogP contribution in [0.3, 0.4) is 0 Å². The predicted molar refractivity (Wildman–Crippen MR) is 48.0 cm³/mol. The topological polar surface area (TPSA) is 60.2 Å². The van der Waals surface area contributed by atoms with Gasteiger partial charge in [0.25, 0.3) is 0 Å². The van der Waals surface area contributed by atoms with Crippen molar-refractivity contribution in [1.82, 2.24) is 4.98 Å². The van der Waals surface area contributed by atoms with E-state index in [0.29, 0.717) is 11.1 Å². The Morgan fingerprint density at radius 1 is 1.43 bits per heavy atom. The number of nitrogens with zero attached hydrogens (tertiary/aromatic N) is 1. The van der Waals surface area contributed by atoms with E-state index >= 15 is 0 Å². The number of hydrogen-bond acceptors (Lipinski definition) is 4. The van der Waals surface area contributed by atoms with Crippen molar-refractivity contribution in [2.24, 2.45) is 0 Å². The van der Waals surface area contributed by atoms with Gasteiger partial charge in [-0.05, 0) is 12.1 Å². The molecule has 0 aliphatic heterocycles. The molecule has 0 saturated carbocycles. The Balaban J connectivity index is 2.51. The highest BCUT2D eigenvalue weighted by Gasteiger charge is 2.06. The fraction of sp³-hybridized carbons (Fsp3) is 0.125. The fourth-order valence-corrected chi connectivity index (χ4v) is 1.48. The zero-order chi connectivity index (χ0) is 10.1. The molecule has 1 aromatic carbocycles. The molecule has 14 heavy (non-hydrogen) atoms. The minimum atomic E-state index is -2.57. The quantitative estimate of drug-likeness (QED) is 0.761. The van der Waals surface area contributed by atoms with Gasteiger partial charge in [-0.15, -0.1) is 0 Å². The minimum Gasteiger partial charge on any atom is -0.440 e. The molecule has 0 saturated heterocycles. The molecule has 1 heterocycles. The van der Waals surface area contributed by atoms with Crippen LogP contribution < -0.4 is 0 Å². The monoisotopic (exact) mass is 215 g/mol. The lowest BCUT2D eigenvalue weighted by atomic mass is 10.3. The Morgan fingerprint density at radius 3 is 2.93 bits per heavy atom. The molecular weight excluding hydrogens is 209 g/mol. The molecule has 0 radical (unpaired) electrons. The molecule has 0 aliphatic rings. The van der Waals surface area contributed by atoms with E-state index in [1.807, 2.05) is 0 Å². The summed E-state index contributed by atoms with van der Waals surface area (Å²) >= 11 is 0. The first-order valence-electron chi connectivity index (χ1n) is 3.82. The van der Waals surface area contributed by atoms with Crippen LogP contribution in [-0.2, 0) is 16.5 Å². The number of aromatic nitrogens is 1. The number of rotatable bonds is 2. The summed E-state index contributed by atoms with van der Waals surface area (Å²) < 4.78 is 38.5. The third kappa shape index (κ3) is 1.74. The fourth-order valence-electron chi connectivity index (χ4n) is 1.13. The zero-order valence-electron chi connectivity index (χ0n) is 6.94. The van der Waals surface area contributed by atoms with E-state index in [-0.39, 0.29) is 11.6 Å². The summed E-state index contributed by atoms with van der Waals surface area (Å²) in [6, 6.07) is 3.84. The highest BCUT2D eigenvalue weighted by atomic mass is 32.2. The van der Waals surface area contributed by atoms with Crippen LogP contribution in [0, 0.1) is 5.82 Å². The first kappa shape index (κ1) is 9.14. The summed E-state index contributed by atoms with van der Waals surface area (Å²) in [5.41, 5.74) is 0.718. The van der Waals surface area contributed by atoms with Crippen molar-refractivity contribution in [3.05, 3.63) is 29.9 Å². The van der Waals surface area contributed by atoms with Gasteiger partial charge in [-0.1, -0.05) is 0 Å². The molecule has 0 fully saturated rings. The van der Waals surface area contributed by atoms with Gasteiger partial charge in [0.05, 0.1) is 0 Å². The van der Waals surface area contributed by atoms with Crippen molar-refractivity contribution in [1.29, 1.82) is 0 Å². The Kier molecular flexibility index (Phi) is 2.20. The molecule has 6 heteroatoms. The maximum Gasteiger partial charge on any atom is 0.210 e. The second-order valence-electron chi connectivity index (χ2n) is 2.71. The number of halogens is 1. The summed E-state index contributed by atoms with van der Waals surface area (Å²) in [6.07, 6.45) is 0. The van der Waals surface area contributed by atoms with Crippen molar-refractivity contribution < 1.29 is 17.2 Å². The van der Waals surface area contributed by atoms with Gasteiger partial charge >= 0.3 is 0 Å². The highest BCUT2D eigenvalue weighted by molar-refractivity contribution is 7.71. The smallest absolute Gasteiger partial charge is 0.210 e. The Hall–Kier alpha value is -1.43. The summed E-state index contributed by atoms with van der Waals surface area (Å²) in [4.78, 5) is 3.82. The number of hydrogen-bond donors (Lipinski definition) is 1. The third-order valence-corrected chi connectivity index (χ3v) is 2.19. The molecule has 0 atom stereocenters. The number of thiol groups is 1. The molecule has 4 nitrogen and oxygen atoms in total. The summed E-state index contributed by atoms with van der Waals surface area (Å²) in [5, 5.41) is 0. The molecular formula is C8H6FNO3S. The van der Waals surface area contributed by atoms with E-state index in [1.165, 1.54) is 18.2 Å². The van der Waals surface area contributed by atoms with Gasteiger partial charge in [0.2, 0.25) is 5.89 Å². The molecule has 1 aromatic heterocycles. The first-order valence-corrected chi connectivity index (χ1v) is 5.18. The molecule has 0 unspecified atom stereocenters. The van der Waals surface area contributed by atoms with Crippen LogP contribution in [0.2, 0.25) is 0 Å². The summed E-state index contributed by atoms with van der Waals surface area (Å²) in [6.45, 7) is 0. The third-order valence-electron chi connectivity index (χ3n) is 1.66. The van der Waals surface area contributed by atoms with Gasteiger partial charge in [-0.3, -0.25) is 0 Å². The second-order valence-corrected chi connectivity index (χ2v) is 3.69. The summed E-state index contributed by atoms with van der Waals surface area (Å²) in [5.74, 6) is -0.600. The van der Waals surface area contributed by atoms with Crippen LogP contribution in [-0.4, -0.2) is 13.4 Å². The van der Waals surface area contributed by atoms with Crippen LogP contribution in [0.1, 0.15) is 5.89 Å². The Labute approximate surface area is 80.3 Å². The van der Waals surface area contributed by atoms with E-state index in [4.69, 9.17) is 4.42 Å². The van der Waals surface area contributed by atoms with Gasteiger partial charge in [0, 0.05) is 6.07 Å². The van der Waals surface area contributed by atoms with Crippen LogP contribution in [0.25, 0.3) is 11.1 Å². The van der Waals surface area contributed by atoms with Gasteiger partial charge in [0.15, 0.2) is 5.58 Å². The Bertz CT molecular complexity index is 539. The molecule has 0 N–H and O–H groups in total. The Morgan fingerprint density at radius 2 is 2.21 bits per heavy atom. The van der Waals surface area contributed by atoms with Crippen LogP contribution in [0.5, 0.6) is 0 Å². The maximum atomic E-state index is 12.7. The van der Waals surface area contributed by atoms with E-state index in [0.717, 1.165) is 0 Å². The zero-order valence-corrected chi connectivity index (χ0v) is 7.83. The van der Waals surface area contributed by atoms with Crippen LogP contribution >= 0.6 is 0 Å².